The van der Waals surface area contributed by atoms with Crippen molar-refractivity contribution in [2.75, 3.05) is 18.9 Å². The summed E-state index contributed by atoms with van der Waals surface area (Å²) in [6.45, 7) is 0.106. The number of aliphatic hydroxyl groups excluding tert-OH is 2. The molecular weight excluding hydrogens is 430 g/mol. The van der Waals surface area contributed by atoms with E-state index in [1.807, 2.05) is 48.5 Å². The maximum absolute atomic E-state index is 14.0. The molecule has 0 radical (unpaired) electrons. The second kappa shape index (κ2) is 9.56. The molecule has 2 atom stereocenters. The number of nitrogens with one attached hydrogen (secondary N) is 1. The number of carbonyl (C=O) groups excluding carboxylic acids is 1. The Morgan fingerprint density at radius 1 is 0.970 bits per heavy atom. The van der Waals surface area contributed by atoms with Gasteiger partial charge in [0.05, 0.1) is 11.8 Å². The zero-order valence-electron chi connectivity index (χ0n) is 17.7. The fourth-order valence-corrected chi connectivity index (χ4v) is 4.14. The molecule has 0 saturated heterocycles. The predicted octanol–water partition coefficient (Wildman–Crippen LogP) is 3.87. The Bertz CT molecular complexity index is 1130. The molecule has 0 heterocycles. The fraction of sp³-hybridized carbons (Fsp3) is 0.240. The van der Waals surface area contributed by atoms with Crippen molar-refractivity contribution in [2.45, 2.75) is 24.5 Å². The largest absolute Gasteiger partial charge is 0.449 e. The van der Waals surface area contributed by atoms with Gasteiger partial charge in [-0.05, 0) is 34.7 Å². The first-order chi connectivity index (χ1) is 15.9. The quantitative estimate of drug-likeness (QED) is 0.406. The van der Waals surface area contributed by atoms with Crippen LogP contribution < -0.4 is 11.1 Å². The maximum atomic E-state index is 14.0. The van der Waals surface area contributed by atoms with Crippen LogP contribution >= 0.6 is 0 Å². The van der Waals surface area contributed by atoms with Crippen LogP contribution in [0.3, 0.4) is 0 Å². The summed E-state index contributed by atoms with van der Waals surface area (Å²) in [5, 5.41) is 22.8. The average molecular weight is 454 g/mol. The van der Waals surface area contributed by atoms with Crippen LogP contribution in [0.4, 0.5) is 19.3 Å². The van der Waals surface area contributed by atoms with Gasteiger partial charge in [-0.3, -0.25) is 0 Å². The van der Waals surface area contributed by atoms with Crippen LogP contribution in [0.5, 0.6) is 0 Å². The van der Waals surface area contributed by atoms with Crippen molar-refractivity contribution in [2.24, 2.45) is 0 Å². The van der Waals surface area contributed by atoms with E-state index in [2.05, 4.69) is 5.32 Å². The van der Waals surface area contributed by atoms with Crippen molar-refractivity contribution < 1.29 is 28.5 Å². The minimum absolute atomic E-state index is 0.0338. The summed E-state index contributed by atoms with van der Waals surface area (Å²) in [5.41, 5.74) is 8.89. The summed E-state index contributed by atoms with van der Waals surface area (Å²) in [4.78, 5) is 12.2. The van der Waals surface area contributed by atoms with E-state index in [1.54, 1.807) is 0 Å². The molecule has 8 heteroatoms. The molecule has 172 valence electrons. The van der Waals surface area contributed by atoms with E-state index in [4.69, 9.17) is 10.5 Å². The number of fused-ring (bicyclic) bond motifs is 3. The third-order valence-corrected chi connectivity index (χ3v) is 5.88. The summed E-state index contributed by atoms with van der Waals surface area (Å²) in [6, 6.07) is 18.1. The van der Waals surface area contributed by atoms with Gasteiger partial charge in [0.1, 0.15) is 12.7 Å². The lowest BCUT2D eigenvalue weighted by molar-refractivity contribution is 0.0113. The molecule has 1 aliphatic rings. The van der Waals surface area contributed by atoms with Crippen LogP contribution in [0, 0.1) is 11.6 Å². The highest BCUT2D eigenvalue weighted by Crippen LogP contribution is 2.44. The number of rotatable bonds is 7. The lowest BCUT2D eigenvalue weighted by Crippen LogP contribution is -2.31. The van der Waals surface area contributed by atoms with Gasteiger partial charge < -0.3 is 26.0 Å². The van der Waals surface area contributed by atoms with Crippen LogP contribution in [-0.2, 0) is 4.74 Å². The number of nitrogens with two attached hydrogens (primary N) is 1. The molecule has 5 N–H and O–H groups in total. The summed E-state index contributed by atoms with van der Waals surface area (Å²) in [7, 11) is 0. The van der Waals surface area contributed by atoms with Crippen molar-refractivity contribution in [3.8, 4) is 11.1 Å². The normalized spacial score (nSPS) is 14.3. The highest BCUT2D eigenvalue weighted by molar-refractivity contribution is 5.79. The minimum Gasteiger partial charge on any atom is -0.449 e. The first-order valence-electron chi connectivity index (χ1n) is 10.6. The molecule has 0 bridgehead atoms. The van der Waals surface area contributed by atoms with Crippen LogP contribution in [0.25, 0.3) is 11.1 Å². The second-order valence-electron chi connectivity index (χ2n) is 7.93. The molecule has 0 aromatic heterocycles. The van der Waals surface area contributed by atoms with Gasteiger partial charge in [0.25, 0.3) is 0 Å². The van der Waals surface area contributed by atoms with Crippen molar-refractivity contribution in [1.29, 1.82) is 0 Å². The first kappa shape index (κ1) is 22.7. The van der Waals surface area contributed by atoms with Crippen molar-refractivity contribution in [3.05, 3.63) is 89.0 Å². The Morgan fingerprint density at radius 2 is 1.58 bits per heavy atom. The summed E-state index contributed by atoms with van der Waals surface area (Å²) in [5.74, 6) is -2.68. The molecule has 1 aliphatic carbocycles. The predicted molar refractivity (Wildman–Crippen MR) is 119 cm³/mol. The molecule has 3 aromatic carbocycles. The van der Waals surface area contributed by atoms with E-state index in [0.29, 0.717) is 0 Å². The van der Waals surface area contributed by atoms with Crippen LogP contribution in [0.1, 0.15) is 35.1 Å². The van der Waals surface area contributed by atoms with Crippen LogP contribution in [0.2, 0.25) is 0 Å². The molecule has 3 aromatic rings. The van der Waals surface area contributed by atoms with Crippen molar-refractivity contribution in [1.82, 2.24) is 5.32 Å². The summed E-state index contributed by atoms with van der Waals surface area (Å²) < 4.78 is 33.0. The van der Waals surface area contributed by atoms with Gasteiger partial charge in [-0.2, -0.15) is 0 Å². The Labute approximate surface area is 189 Å². The van der Waals surface area contributed by atoms with Gasteiger partial charge >= 0.3 is 6.09 Å². The molecule has 0 saturated carbocycles. The molecule has 0 aliphatic heterocycles. The van der Waals surface area contributed by atoms with Crippen LogP contribution in [0.15, 0.2) is 60.7 Å². The molecule has 33 heavy (non-hydrogen) atoms. The van der Waals surface area contributed by atoms with Gasteiger partial charge in [0.15, 0.2) is 11.6 Å². The molecule has 0 spiro atoms. The highest BCUT2D eigenvalue weighted by Gasteiger charge is 2.29. The first-order valence-corrected chi connectivity index (χ1v) is 10.6. The summed E-state index contributed by atoms with van der Waals surface area (Å²) in [6.07, 6.45) is -3.89. The van der Waals surface area contributed by atoms with Crippen LogP contribution in [-0.4, -0.2) is 35.6 Å². The topological polar surface area (TPSA) is 105 Å². The SMILES string of the molecule is Nc1ccc(C(O)C(O)CCNC(=O)OCC2c3ccccc3-c3ccccc32)c(F)c1F. The molecule has 4 rings (SSSR count). The number of hydrogen-bond donors (Lipinski definition) is 4. The molecular formula is C25H24F2N2O4. The molecule has 1 amide bonds. The molecule has 6 nitrogen and oxygen atoms in total. The van der Waals surface area contributed by atoms with Gasteiger partial charge in [0, 0.05) is 18.0 Å². The van der Waals surface area contributed by atoms with Crippen molar-refractivity contribution >= 4 is 11.8 Å². The number of amides is 1. The summed E-state index contributed by atoms with van der Waals surface area (Å²) >= 11 is 0. The van der Waals surface area contributed by atoms with E-state index in [9.17, 15) is 23.8 Å². The number of carbonyl (C=O) groups is 1. The number of ether oxygens (including phenoxy) is 1. The zero-order valence-corrected chi connectivity index (χ0v) is 17.7. The molecule has 0 fully saturated rings. The van der Waals surface area contributed by atoms with E-state index in [1.165, 1.54) is 0 Å². The smallest absolute Gasteiger partial charge is 0.407 e. The van der Waals surface area contributed by atoms with E-state index >= 15 is 0 Å². The monoisotopic (exact) mass is 454 g/mol. The number of anilines is 1. The second-order valence-corrected chi connectivity index (χ2v) is 7.93. The van der Waals surface area contributed by atoms with E-state index < -0.39 is 41.2 Å². The maximum Gasteiger partial charge on any atom is 0.407 e. The Hall–Kier alpha value is -3.49. The zero-order chi connectivity index (χ0) is 23.5. The fourth-order valence-electron chi connectivity index (χ4n) is 4.14. The lowest BCUT2D eigenvalue weighted by Gasteiger charge is -2.19. The Morgan fingerprint density at radius 3 is 2.21 bits per heavy atom. The van der Waals surface area contributed by atoms with Gasteiger partial charge in [-0.15, -0.1) is 0 Å². The number of halogens is 2. The third kappa shape index (κ3) is 4.53. The van der Waals surface area contributed by atoms with E-state index in [-0.39, 0.29) is 25.5 Å². The van der Waals surface area contributed by atoms with Gasteiger partial charge in [0.2, 0.25) is 0 Å². The van der Waals surface area contributed by atoms with Crippen molar-refractivity contribution in [3.63, 3.8) is 0 Å². The molecule has 2 unspecified atom stereocenters. The minimum atomic E-state index is -1.68. The Balaban J connectivity index is 1.30. The number of alkyl carbamates (subject to hydrolysis) is 1. The number of nitrogen functional groups attached to an aromatic ring is 1. The number of hydrogen-bond acceptors (Lipinski definition) is 5. The van der Waals surface area contributed by atoms with Gasteiger partial charge in [-0.1, -0.05) is 54.6 Å². The number of benzene rings is 3. The Kier molecular flexibility index (Phi) is 6.57. The number of aliphatic hydroxyl groups is 2. The standard InChI is InChI=1S/C25H24F2N2O4/c26-22-18(9-10-20(28)23(22)27)24(31)21(30)11-12-29-25(32)33-13-19-16-7-3-1-5-14(16)15-6-2-4-8-17(15)19/h1-10,19,21,24,30-31H,11-13,28H2,(H,29,32). The lowest BCUT2D eigenvalue weighted by atomic mass is 9.98. The highest BCUT2D eigenvalue weighted by atomic mass is 19.2. The average Bonchev–Trinajstić information content (AvgIpc) is 3.14. The van der Waals surface area contributed by atoms with E-state index in [0.717, 1.165) is 34.4 Å². The van der Waals surface area contributed by atoms with Gasteiger partial charge in [-0.25, -0.2) is 13.6 Å². The third-order valence-electron chi connectivity index (χ3n) is 5.88.